The first-order valence-corrected chi connectivity index (χ1v) is 4.55. The summed E-state index contributed by atoms with van der Waals surface area (Å²) in [6.45, 7) is 1.53. The van der Waals surface area contributed by atoms with Gasteiger partial charge in [-0.1, -0.05) is 16.8 Å². The van der Waals surface area contributed by atoms with Gasteiger partial charge in [-0.2, -0.15) is 13.2 Å². The molecule has 0 aliphatic heterocycles. The van der Waals surface area contributed by atoms with E-state index in [1.165, 1.54) is 14.0 Å². The first-order chi connectivity index (χ1) is 7.36. The van der Waals surface area contributed by atoms with Crippen molar-refractivity contribution in [1.29, 1.82) is 0 Å². The molecule has 1 aromatic rings. The van der Waals surface area contributed by atoms with Crippen LogP contribution in [0, 0.1) is 0 Å². The van der Waals surface area contributed by atoms with Crippen LogP contribution in [0.1, 0.15) is 18.2 Å². The molecule has 0 saturated heterocycles. The Morgan fingerprint density at radius 3 is 2.56 bits per heavy atom. The summed E-state index contributed by atoms with van der Waals surface area (Å²) in [6.07, 6.45) is -3.75. The SMILES string of the molecule is CON=C(C)c1ncc(C(F)(F)F)cc1Cl. The number of halogens is 4. The zero-order valence-corrected chi connectivity index (χ0v) is 9.23. The molecule has 0 spiro atoms. The molecule has 1 heterocycles. The summed E-state index contributed by atoms with van der Waals surface area (Å²) in [5, 5.41) is 3.42. The Kier molecular flexibility index (Phi) is 3.74. The number of aromatic nitrogens is 1. The van der Waals surface area contributed by atoms with Crippen LogP contribution >= 0.6 is 11.6 Å². The lowest BCUT2D eigenvalue weighted by atomic mass is 10.2. The van der Waals surface area contributed by atoms with E-state index in [0.29, 0.717) is 11.9 Å². The summed E-state index contributed by atoms with van der Waals surface area (Å²) >= 11 is 5.67. The molecule has 0 N–H and O–H groups in total. The highest BCUT2D eigenvalue weighted by molar-refractivity contribution is 6.33. The summed E-state index contributed by atoms with van der Waals surface area (Å²) in [5.74, 6) is 0. The average Bonchev–Trinajstić information content (AvgIpc) is 2.16. The van der Waals surface area contributed by atoms with Gasteiger partial charge in [0.1, 0.15) is 18.5 Å². The van der Waals surface area contributed by atoms with Crippen molar-refractivity contribution in [2.45, 2.75) is 13.1 Å². The van der Waals surface area contributed by atoms with Gasteiger partial charge in [0.2, 0.25) is 0 Å². The molecular formula is C9H8ClF3N2O. The summed E-state index contributed by atoms with van der Waals surface area (Å²) in [7, 11) is 1.32. The lowest BCUT2D eigenvalue weighted by molar-refractivity contribution is -0.137. The number of hydrogen-bond donors (Lipinski definition) is 0. The van der Waals surface area contributed by atoms with Gasteiger partial charge in [0.25, 0.3) is 0 Å². The number of oxime groups is 1. The average molecular weight is 253 g/mol. The van der Waals surface area contributed by atoms with Crippen molar-refractivity contribution < 1.29 is 18.0 Å². The van der Waals surface area contributed by atoms with Crippen molar-refractivity contribution in [3.8, 4) is 0 Å². The van der Waals surface area contributed by atoms with Crippen LogP contribution in [-0.4, -0.2) is 17.8 Å². The van der Waals surface area contributed by atoms with Crippen LogP contribution in [0.3, 0.4) is 0 Å². The number of nitrogens with zero attached hydrogens (tertiary/aromatic N) is 2. The van der Waals surface area contributed by atoms with E-state index < -0.39 is 11.7 Å². The second kappa shape index (κ2) is 4.69. The third-order valence-corrected chi connectivity index (χ3v) is 2.03. The van der Waals surface area contributed by atoms with Gasteiger partial charge < -0.3 is 4.84 Å². The van der Waals surface area contributed by atoms with E-state index in [-0.39, 0.29) is 10.7 Å². The van der Waals surface area contributed by atoms with Crippen molar-refractivity contribution in [2.75, 3.05) is 7.11 Å². The number of alkyl halides is 3. The maximum Gasteiger partial charge on any atom is 0.417 e. The van der Waals surface area contributed by atoms with Crippen LogP contribution in [0.4, 0.5) is 13.2 Å². The van der Waals surface area contributed by atoms with Gasteiger partial charge >= 0.3 is 6.18 Å². The van der Waals surface area contributed by atoms with Gasteiger partial charge in [-0.3, -0.25) is 4.98 Å². The zero-order chi connectivity index (χ0) is 12.3. The van der Waals surface area contributed by atoms with Crippen molar-refractivity contribution in [3.63, 3.8) is 0 Å². The lowest BCUT2D eigenvalue weighted by Crippen LogP contribution is -2.08. The quantitative estimate of drug-likeness (QED) is 0.599. The van der Waals surface area contributed by atoms with Crippen LogP contribution in [0.2, 0.25) is 5.02 Å². The molecule has 0 unspecified atom stereocenters. The molecule has 0 bridgehead atoms. The minimum absolute atomic E-state index is 0.117. The van der Waals surface area contributed by atoms with Crippen molar-refractivity contribution in [2.24, 2.45) is 5.16 Å². The number of rotatable bonds is 2. The van der Waals surface area contributed by atoms with Crippen molar-refractivity contribution >= 4 is 17.3 Å². The largest absolute Gasteiger partial charge is 0.417 e. The third kappa shape index (κ3) is 2.85. The third-order valence-electron chi connectivity index (χ3n) is 1.74. The Hall–Kier alpha value is -1.30. The second-order valence-corrected chi connectivity index (χ2v) is 3.32. The number of pyridine rings is 1. The molecule has 0 fully saturated rings. The van der Waals surface area contributed by atoms with Crippen molar-refractivity contribution in [1.82, 2.24) is 4.98 Å². The number of hydrogen-bond acceptors (Lipinski definition) is 3. The molecule has 1 rings (SSSR count). The molecule has 7 heteroatoms. The normalized spacial score (nSPS) is 12.8. The van der Waals surface area contributed by atoms with Gasteiger partial charge in [-0.05, 0) is 13.0 Å². The summed E-state index contributed by atoms with van der Waals surface area (Å²) in [4.78, 5) is 8.08. The monoisotopic (exact) mass is 252 g/mol. The van der Waals surface area contributed by atoms with Crippen molar-refractivity contribution in [3.05, 3.63) is 28.5 Å². The molecule has 3 nitrogen and oxygen atoms in total. The molecular weight excluding hydrogens is 245 g/mol. The predicted octanol–water partition coefficient (Wildman–Crippen LogP) is 3.12. The predicted molar refractivity (Wildman–Crippen MR) is 53.5 cm³/mol. The molecule has 0 aliphatic rings. The molecule has 88 valence electrons. The van der Waals surface area contributed by atoms with Crippen LogP contribution in [-0.2, 0) is 11.0 Å². The highest BCUT2D eigenvalue weighted by atomic mass is 35.5. The van der Waals surface area contributed by atoms with Gasteiger partial charge in [-0.25, -0.2) is 0 Å². The van der Waals surface area contributed by atoms with Crippen LogP contribution < -0.4 is 0 Å². The van der Waals surface area contributed by atoms with E-state index in [4.69, 9.17) is 11.6 Å². The van der Waals surface area contributed by atoms with Gasteiger partial charge in [0.15, 0.2) is 0 Å². The maximum atomic E-state index is 12.3. The van der Waals surface area contributed by atoms with E-state index in [2.05, 4.69) is 15.0 Å². The Labute approximate surface area is 94.9 Å². The van der Waals surface area contributed by atoms with E-state index >= 15 is 0 Å². The highest BCUT2D eigenvalue weighted by Crippen LogP contribution is 2.31. The minimum atomic E-state index is -4.46. The van der Waals surface area contributed by atoms with E-state index in [1.54, 1.807) is 0 Å². The van der Waals surface area contributed by atoms with E-state index in [0.717, 1.165) is 6.07 Å². The smallest absolute Gasteiger partial charge is 0.399 e. The minimum Gasteiger partial charge on any atom is -0.399 e. The molecule has 16 heavy (non-hydrogen) atoms. The molecule has 0 atom stereocenters. The highest BCUT2D eigenvalue weighted by Gasteiger charge is 2.31. The maximum absolute atomic E-state index is 12.3. The molecule has 1 aromatic heterocycles. The van der Waals surface area contributed by atoms with Gasteiger partial charge in [0, 0.05) is 6.20 Å². The van der Waals surface area contributed by atoms with E-state index in [9.17, 15) is 13.2 Å². The standard InChI is InChI=1S/C9H8ClF3N2O/c1-5(15-16-2)8-7(10)3-6(4-14-8)9(11,12)13/h3-4H,1-2H3. The Morgan fingerprint density at radius 1 is 1.50 bits per heavy atom. The van der Waals surface area contributed by atoms with Gasteiger partial charge in [0.05, 0.1) is 10.6 Å². The summed E-state index contributed by atoms with van der Waals surface area (Å²) < 4.78 is 36.9. The summed E-state index contributed by atoms with van der Waals surface area (Å²) in [5.41, 5.74) is -0.427. The molecule has 0 aliphatic carbocycles. The van der Waals surface area contributed by atoms with Crippen LogP contribution in [0.15, 0.2) is 17.4 Å². The lowest BCUT2D eigenvalue weighted by Gasteiger charge is -2.08. The molecule has 0 aromatic carbocycles. The fourth-order valence-electron chi connectivity index (χ4n) is 1.04. The Balaban J connectivity index is 3.15. The Morgan fingerprint density at radius 2 is 2.12 bits per heavy atom. The molecule has 0 amide bonds. The van der Waals surface area contributed by atoms with Gasteiger partial charge in [-0.15, -0.1) is 0 Å². The fraction of sp³-hybridized carbons (Fsp3) is 0.333. The summed E-state index contributed by atoms with van der Waals surface area (Å²) in [6, 6.07) is 0.804. The molecule has 0 radical (unpaired) electrons. The first-order valence-electron chi connectivity index (χ1n) is 4.17. The Bertz CT molecular complexity index is 418. The first kappa shape index (κ1) is 12.8. The van der Waals surface area contributed by atoms with E-state index in [1.807, 2.05) is 0 Å². The fourth-order valence-corrected chi connectivity index (χ4v) is 1.34. The van der Waals surface area contributed by atoms with Crippen LogP contribution in [0.25, 0.3) is 0 Å². The van der Waals surface area contributed by atoms with Crippen LogP contribution in [0.5, 0.6) is 0 Å². The zero-order valence-electron chi connectivity index (χ0n) is 8.47. The second-order valence-electron chi connectivity index (χ2n) is 2.91. The molecule has 0 saturated carbocycles. The topological polar surface area (TPSA) is 34.5 Å².